The van der Waals surface area contributed by atoms with Gasteiger partial charge in [0.15, 0.2) is 0 Å². The maximum Gasteiger partial charge on any atom is 0.411 e. The van der Waals surface area contributed by atoms with Crippen molar-refractivity contribution in [1.29, 1.82) is 0 Å². The van der Waals surface area contributed by atoms with Crippen molar-refractivity contribution in [3.63, 3.8) is 0 Å². The van der Waals surface area contributed by atoms with Gasteiger partial charge in [-0.2, -0.15) is 0 Å². The van der Waals surface area contributed by atoms with Crippen LogP contribution in [0.3, 0.4) is 0 Å². The first-order chi connectivity index (χ1) is 22.3. The second-order valence-corrected chi connectivity index (χ2v) is 14.4. The highest BCUT2D eigenvalue weighted by molar-refractivity contribution is 9.10. The number of nitrogens with one attached hydrogen (secondary N) is 1. The van der Waals surface area contributed by atoms with Gasteiger partial charge in [0.2, 0.25) is 0 Å². The second kappa shape index (κ2) is 14.4. The van der Waals surface area contributed by atoms with Gasteiger partial charge in [0, 0.05) is 61.3 Å². The number of carbonyl (C=O) groups is 3. The first kappa shape index (κ1) is 33.0. The number of hydrogen-bond acceptors (Lipinski definition) is 6. The highest BCUT2D eigenvalue weighted by Crippen LogP contribution is 2.40. The fourth-order valence-corrected chi connectivity index (χ4v) is 8.60. The van der Waals surface area contributed by atoms with E-state index in [1.165, 1.54) is 19.3 Å². The number of para-hydroxylation sites is 1. The van der Waals surface area contributed by atoms with E-state index >= 15 is 0 Å². The largest absolute Gasteiger partial charge is 0.445 e. The summed E-state index contributed by atoms with van der Waals surface area (Å²) >= 11 is 3.63. The predicted molar refractivity (Wildman–Crippen MR) is 183 cm³/mol. The van der Waals surface area contributed by atoms with Gasteiger partial charge in [-0.1, -0.05) is 52.7 Å². The van der Waals surface area contributed by atoms with Crippen LogP contribution in [0.25, 0.3) is 0 Å². The molecule has 1 N–H and O–H groups in total. The Bertz CT molecular complexity index is 1400. The zero-order valence-corrected chi connectivity index (χ0v) is 28.9. The molecule has 9 nitrogen and oxygen atoms in total. The Morgan fingerprint density at radius 3 is 2.39 bits per heavy atom. The maximum absolute atomic E-state index is 14.1. The zero-order chi connectivity index (χ0) is 32.3. The van der Waals surface area contributed by atoms with Crippen LogP contribution in [-0.4, -0.2) is 95.0 Å². The number of aryl methyl sites for hydroxylation is 2. The lowest BCUT2D eigenvalue weighted by Crippen LogP contribution is -2.70. The van der Waals surface area contributed by atoms with Gasteiger partial charge in [-0.3, -0.25) is 9.80 Å². The molecule has 2 aromatic rings. The van der Waals surface area contributed by atoms with Crippen LogP contribution >= 0.6 is 15.9 Å². The minimum atomic E-state index is -0.862. The van der Waals surface area contributed by atoms with E-state index in [0.717, 1.165) is 84.1 Å². The molecule has 10 heteroatoms. The molecule has 3 amide bonds. The summed E-state index contributed by atoms with van der Waals surface area (Å²) in [5.74, 6) is 0. The molecule has 3 saturated heterocycles. The molecule has 6 rings (SSSR count). The van der Waals surface area contributed by atoms with Crippen LogP contribution in [0.4, 0.5) is 15.3 Å². The van der Waals surface area contributed by atoms with Crippen molar-refractivity contribution in [2.45, 2.75) is 96.0 Å². The number of ether oxygens (including phenoxy) is 1. The van der Waals surface area contributed by atoms with Gasteiger partial charge in [-0.15, -0.1) is 0 Å². The molecule has 0 aliphatic carbocycles. The first-order valence-corrected chi connectivity index (χ1v) is 17.9. The number of piperidine rings is 3. The number of rotatable bonds is 7. The van der Waals surface area contributed by atoms with Crippen LogP contribution in [0, 0.1) is 13.8 Å². The van der Waals surface area contributed by atoms with Crippen LogP contribution in [0.2, 0.25) is 0 Å². The van der Waals surface area contributed by atoms with Crippen LogP contribution < -0.4 is 5.32 Å². The number of anilines is 1. The van der Waals surface area contributed by atoms with E-state index in [4.69, 9.17) is 4.74 Å². The van der Waals surface area contributed by atoms with E-state index in [2.05, 4.69) is 37.1 Å². The number of amides is 3. The summed E-state index contributed by atoms with van der Waals surface area (Å²) in [6.07, 6.45) is 8.47. The van der Waals surface area contributed by atoms with Gasteiger partial charge in [0.05, 0.1) is 0 Å². The van der Waals surface area contributed by atoms with Gasteiger partial charge >= 0.3 is 12.1 Å². The molecule has 4 aliphatic heterocycles. The highest BCUT2D eigenvalue weighted by atomic mass is 79.9. The third-order valence-electron chi connectivity index (χ3n) is 10.8. The third kappa shape index (κ3) is 6.85. The summed E-state index contributed by atoms with van der Waals surface area (Å²) in [6.45, 7) is 9.16. The van der Waals surface area contributed by atoms with Crippen LogP contribution in [-0.2, 0) is 22.6 Å². The molecule has 0 bridgehead atoms. The van der Waals surface area contributed by atoms with Crippen molar-refractivity contribution in [3.8, 4) is 0 Å². The topological polar surface area (TPSA) is 85.4 Å². The van der Waals surface area contributed by atoms with Crippen LogP contribution in [0.15, 0.2) is 40.9 Å². The quantitative estimate of drug-likeness (QED) is 0.334. The Kier molecular flexibility index (Phi) is 10.3. The monoisotopic (exact) mass is 693 g/mol. The third-order valence-corrected chi connectivity index (χ3v) is 12.0. The maximum atomic E-state index is 14.1. The molecule has 46 heavy (non-hydrogen) atoms. The SMILES string of the molecule is Cc1cc(COC(=O)N2CC[C@@H](N3CCc4ccccc4NC3=O)C[C@@]2(CC=O)N2CCC(N3CCCCC3)CC2)cc(C)c1Br. The number of nitrogens with zero attached hydrogens (tertiary/aromatic N) is 4. The van der Waals surface area contributed by atoms with E-state index in [1.54, 1.807) is 0 Å². The van der Waals surface area contributed by atoms with E-state index in [-0.39, 0.29) is 25.1 Å². The van der Waals surface area contributed by atoms with E-state index in [0.29, 0.717) is 32.0 Å². The lowest BCUT2D eigenvalue weighted by Gasteiger charge is -2.57. The van der Waals surface area contributed by atoms with E-state index in [9.17, 15) is 14.4 Å². The highest BCUT2D eigenvalue weighted by Gasteiger charge is 2.52. The summed E-state index contributed by atoms with van der Waals surface area (Å²) < 4.78 is 7.08. The molecule has 2 aromatic carbocycles. The molecule has 2 atom stereocenters. The predicted octanol–water partition coefficient (Wildman–Crippen LogP) is 6.49. The average molecular weight is 695 g/mol. The molecular formula is C36H48BrN5O4. The summed E-state index contributed by atoms with van der Waals surface area (Å²) in [6, 6.07) is 12.3. The second-order valence-electron chi connectivity index (χ2n) is 13.6. The zero-order valence-electron chi connectivity index (χ0n) is 27.3. The summed E-state index contributed by atoms with van der Waals surface area (Å²) in [7, 11) is 0. The van der Waals surface area contributed by atoms with Gasteiger partial charge < -0.3 is 24.6 Å². The van der Waals surface area contributed by atoms with Crippen molar-refractivity contribution in [3.05, 3.63) is 63.1 Å². The van der Waals surface area contributed by atoms with Crippen molar-refractivity contribution in [2.75, 3.05) is 44.6 Å². The number of halogens is 1. The van der Waals surface area contributed by atoms with Gasteiger partial charge in [0.25, 0.3) is 0 Å². The fourth-order valence-electron chi connectivity index (χ4n) is 8.37. The molecule has 0 unspecified atom stereocenters. The lowest BCUT2D eigenvalue weighted by molar-refractivity contribution is -0.128. The molecule has 4 aliphatic rings. The van der Waals surface area contributed by atoms with E-state index < -0.39 is 11.8 Å². The van der Waals surface area contributed by atoms with Gasteiger partial charge in [-0.05, 0) is 93.8 Å². The number of hydrogen-bond donors (Lipinski definition) is 1. The number of likely N-dealkylation sites (tertiary alicyclic amines) is 3. The summed E-state index contributed by atoms with van der Waals surface area (Å²) in [4.78, 5) is 49.0. The van der Waals surface area contributed by atoms with E-state index in [1.807, 2.05) is 54.0 Å². The standard InChI is InChI=1S/C36H48BrN5O4/c1-26-22-28(23-27(2)33(26)37)25-46-35(45)42-20-13-31(41-19-10-29-8-4-5-9-32(29)38-34(41)44)24-36(42,14-21-43)40-17-11-30(12-18-40)39-15-6-3-7-16-39/h4-5,8-9,21-23,30-31H,3,6-7,10-20,24-25H2,1-2H3,(H,38,44)/t31-,36+/m1/s1. The van der Waals surface area contributed by atoms with Crippen molar-refractivity contribution in [2.24, 2.45) is 0 Å². The van der Waals surface area contributed by atoms with Gasteiger partial charge in [0.1, 0.15) is 18.6 Å². The summed E-state index contributed by atoms with van der Waals surface area (Å²) in [5, 5.41) is 3.13. The number of carbonyl (C=O) groups excluding carboxylic acids is 3. The van der Waals surface area contributed by atoms with Crippen molar-refractivity contribution < 1.29 is 19.1 Å². The van der Waals surface area contributed by atoms with Gasteiger partial charge in [-0.25, -0.2) is 9.59 Å². The smallest absolute Gasteiger partial charge is 0.411 e. The molecular weight excluding hydrogens is 646 g/mol. The fraction of sp³-hybridized carbons (Fsp3) is 0.583. The number of benzene rings is 2. The molecule has 0 spiro atoms. The Hall–Kier alpha value is -2.95. The lowest BCUT2D eigenvalue weighted by atomic mass is 9.84. The molecule has 0 radical (unpaired) electrons. The number of urea groups is 1. The molecule has 0 saturated carbocycles. The molecule has 0 aromatic heterocycles. The minimum absolute atomic E-state index is 0.115. The Balaban J connectivity index is 1.24. The normalized spacial score (nSPS) is 25.0. The first-order valence-electron chi connectivity index (χ1n) is 17.1. The van der Waals surface area contributed by atoms with Crippen molar-refractivity contribution >= 4 is 40.0 Å². The molecule has 4 heterocycles. The number of fused-ring (bicyclic) bond motifs is 1. The number of aldehydes is 1. The Labute approximate surface area is 281 Å². The molecule has 248 valence electrons. The molecule has 3 fully saturated rings. The van der Waals surface area contributed by atoms with Crippen molar-refractivity contribution in [1.82, 2.24) is 19.6 Å². The van der Waals surface area contributed by atoms with Crippen LogP contribution in [0.1, 0.15) is 73.6 Å². The Morgan fingerprint density at radius 2 is 1.67 bits per heavy atom. The minimum Gasteiger partial charge on any atom is -0.445 e. The summed E-state index contributed by atoms with van der Waals surface area (Å²) in [5.41, 5.74) is 4.24. The average Bonchev–Trinajstić information content (AvgIpc) is 3.24. The van der Waals surface area contributed by atoms with Crippen LogP contribution in [0.5, 0.6) is 0 Å². The Morgan fingerprint density at radius 1 is 0.978 bits per heavy atom.